The Hall–Kier alpha value is -2.32. The van der Waals surface area contributed by atoms with Crippen LogP contribution in [0.25, 0.3) is 0 Å². The normalized spacial score (nSPS) is 15.3. The van der Waals surface area contributed by atoms with E-state index in [2.05, 4.69) is 92.1 Å². The van der Waals surface area contributed by atoms with E-state index in [0.29, 0.717) is 23.9 Å². The van der Waals surface area contributed by atoms with Gasteiger partial charge < -0.3 is 19.8 Å². The molecule has 0 saturated carbocycles. The molecule has 0 aromatic heterocycles. The SMILES string of the molecule is CC/C=C\C/C=C\C/C=C\C/C=C\C/C=C\C/C=C\CCCCC(=O)NC(COP(=O)(O)OCC[N+](C)(C)C)C(O)/C=C/CCCCCCCCCCCC. The number of rotatable bonds is 37. The second kappa shape index (κ2) is 37.3. The lowest BCUT2D eigenvalue weighted by molar-refractivity contribution is -0.870. The molecular formula is C46H82N2O6P+. The number of phosphoric acid groups is 1. The van der Waals surface area contributed by atoms with Crippen LogP contribution in [0.5, 0.6) is 0 Å². The average Bonchev–Trinajstić information content (AvgIpc) is 3.13. The molecule has 0 saturated heterocycles. The molecule has 3 atom stereocenters. The first-order valence-corrected chi connectivity index (χ1v) is 23.0. The Morgan fingerprint density at radius 1 is 0.636 bits per heavy atom. The van der Waals surface area contributed by atoms with E-state index in [-0.39, 0.29) is 19.1 Å². The Bertz CT molecular complexity index is 1170. The van der Waals surface area contributed by atoms with Crippen LogP contribution >= 0.6 is 7.82 Å². The van der Waals surface area contributed by atoms with Crippen molar-refractivity contribution in [2.75, 3.05) is 40.9 Å². The first-order valence-electron chi connectivity index (χ1n) is 21.5. The quantitative estimate of drug-likeness (QED) is 0.0251. The third-order valence-electron chi connectivity index (χ3n) is 8.87. The van der Waals surface area contributed by atoms with Crippen molar-refractivity contribution in [1.29, 1.82) is 0 Å². The summed E-state index contributed by atoms with van der Waals surface area (Å²) in [6.07, 6.45) is 50.8. The van der Waals surface area contributed by atoms with Crippen molar-refractivity contribution in [3.05, 3.63) is 85.1 Å². The maximum atomic E-state index is 12.8. The van der Waals surface area contributed by atoms with Crippen LogP contribution in [-0.2, 0) is 18.4 Å². The Balaban J connectivity index is 4.54. The van der Waals surface area contributed by atoms with Crippen molar-refractivity contribution in [3.8, 4) is 0 Å². The predicted molar refractivity (Wildman–Crippen MR) is 235 cm³/mol. The van der Waals surface area contributed by atoms with Crippen molar-refractivity contribution < 1.29 is 32.9 Å². The van der Waals surface area contributed by atoms with E-state index in [4.69, 9.17) is 9.05 Å². The van der Waals surface area contributed by atoms with E-state index in [1.54, 1.807) is 6.08 Å². The molecule has 3 N–H and O–H groups in total. The van der Waals surface area contributed by atoms with E-state index in [1.807, 2.05) is 27.2 Å². The highest BCUT2D eigenvalue weighted by Crippen LogP contribution is 2.43. The minimum Gasteiger partial charge on any atom is -0.387 e. The summed E-state index contributed by atoms with van der Waals surface area (Å²) < 4.78 is 23.5. The third-order valence-corrected chi connectivity index (χ3v) is 9.86. The highest BCUT2D eigenvalue weighted by Gasteiger charge is 2.27. The summed E-state index contributed by atoms with van der Waals surface area (Å²) in [5.41, 5.74) is 0. The van der Waals surface area contributed by atoms with E-state index in [9.17, 15) is 19.4 Å². The van der Waals surface area contributed by atoms with Gasteiger partial charge in [-0.15, -0.1) is 0 Å². The van der Waals surface area contributed by atoms with Crippen molar-refractivity contribution >= 4 is 13.7 Å². The number of quaternary nitrogens is 1. The molecule has 0 heterocycles. The number of carbonyl (C=O) groups is 1. The lowest BCUT2D eigenvalue weighted by atomic mass is 10.1. The number of nitrogens with zero attached hydrogens (tertiary/aromatic N) is 1. The van der Waals surface area contributed by atoms with Gasteiger partial charge in [-0.1, -0.05) is 157 Å². The van der Waals surface area contributed by atoms with Crippen molar-refractivity contribution in [1.82, 2.24) is 5.32 Å². The molecule has 1 amide bonds. The van der Waals surface area contributed by atoms with Crippen molar-refractivity contribution in [2.24, 2.45) is 0 Å². The zero-order valence-corrected chi connectivity index (χ0v) is 36.5. The summed E-state index contributed by atoms with van der Waals surface area (Å²) in [6.45, 7) is 4.62. The van der Waals surface area contributed by atoms with Crippen LogP contribution in [0.2, 0.25) is 0 Å². The number of carbonyl (C=O) groups excluding carboxylic acids is 1. The van der Waals surface area contributed by atoms with E-state index >= 15 is 0 Å². The molecule has 0 aliphatic rings. The Morgan fingerprint density at radius 2 is 1.09 bits per heavy atom. The first kappa shape index (κ1) is 52.7. The molecule has 0 aliphatic heterocycles. The molecule has 3 unspecified atom stereocenters. The van der Waals surface area contributed by atoms with Gasteiger partial charge in [-0.25, -0.2) is 4.57 Å². The van der Waals surface area contributed by atoms with Gasteiger partial charge >= 0.3 is 7.82 Å². The van der Waals surface area contributed by atoms with Crippen LogP contribution in [0, 0.1) is 0 Å². The topological polar surface area (TPSA) is 105 Å². The molecule has 0 bridgehead atoms. The van der Waals surface area contributed by atoms with Gasteiger partial charge in [0.1, 0.15) is 13.2 Å². The van der Waals surface area contributed by atoms with Crippen LogP contribution in [0.3, 0.4) is 0 Å². The summed E-state index contributed by atoms with van der Waals surface area (Å²) in [5, 5.41) is 13.8. The number of likely N-dealkylation sites (N-methyl/N-ethyl adjacent to an activating group) is 1. The molecule has 0 radical (unpaired) electrons. The number of hydrogen-bond acceptors (Lipinski definition) is 5. The predicted octanol–water partition coefficient (Wildman–Crippen LogP) is 11.8. The number of allylic oxidation sites excluding steroid dienone is 13. The summed E-state index contributed by atoms with van der Waals surface area (Å²) in [5.74, 6) is -0.225. The van der Waals surface area contributed by atoms with Crippen LogP contribution < -0.4 is 5.32 Å². The number of nitrogens with one attached hydrogen (secondary N) is 1. The lowest BCUT2D eigenvalue weighted by Gasteiger charge is -2.25. The van der Waals surface area contributed by atoms with E-state index in [0.717, 1.165) is 70.6 Å². The van der Waals surface area contributed by atoms with E-state index < -0.39 is 20.0 Å². The number of hydrogen-bond donors (Lipinski definition) is 3. The van der Waals surface area contributed by atoms with Gasteiger partial charge in [-0.3, -0.25) is 13.8 Å². The maximum Gasteiger partial charge on any atom is 0.472 e. The highest BCUT2D eigenvalue weighted by atomic mass is 31.2. The Kier molecular flexibility index (Phi) is 35.7. The smallest absolute Gasteiger partial charge is 0.387 e. The maximum absolute atomic E-state index is 12.8. The van der Waals surface area contributed by atoms with Crippen LogP contribution in [0.4, 0.5) is 0 Å². The standard InChI is InChI=1S/C46H81N2O6P/c1-6-8-10-12-14-16-18-20-21-22-23-24-25-26-27-28-30-32-34-36-38-40-46(50)47-44(43-54-55(51,52)53-42-41-48(3,4)5)45(49)39-37-35-33-31-29-19-17-15-13-11-9-7-2/h8,10,14,16,20-21,23-24,26-27,30,32,37,39,44-45,49H,6-7,9,11-13,15,17-19,22,25,28-29,31,33-36,38,40-43H2,1-5H3,(H-,47,50,51,52)/p+1/b10-8-,16-14-,21-20-,24-23-,27-26-,32-30-,39-37+. The Morgan fingerprint density at radius 3 is 1.60 bits per heavy atom. The number of unbranched alkanes of at least 4 members (excludes halogenated alkanes) is 12. The third kappa shape index (κ3) is 39.7. The summed E-state index contributed by atoms with van der Waals surface area (Å²) in [6, 6.07) is -0.873. The monoisotopic (exact) mass is 790 g/mol. The molecule has 0 aromatic rings. The number of aliphatic hydroxyl groups is 1. The molecule has 0 spiro atoms. The molecule has 55 heavy (non-hydrogen) atoms. The zero-order chi connectivity index (χ0) is 40.7. The van der Waals surface area contributed by atoms with Gasteiger partial charge in [0.15, 0.2) is 0 Å². The van der Waals surface area contributed by atoms with Crippen molar-refractivity contribution in [3.63, 3.8) is 0 Å². The molecule has 9 heteroatoms. The van der Waals surface area contributed by atoms with Crippen LogP contribution in [0.15, 0.2) is 85.1 Å². The first-order chi connectivity index (χ1) is 26.5. The summed E-state index contributed by atoms with van der Waals surface area (Å²) in [4.78, 5) is 23.1. The van der Waals surface area contributed by atoms with E-state index in [1.165, 1.54) is 51.4 Å². The second-order valence-corrected chi connectivity index (χ2v) is 16.8. The molecular weight excluding hydrogens is 707 g/mol. The average molecular weight is 790 g/mol. The van der Waals surface area contributed by atoms with Gasteiger partial charge in [0, 0.05) is 6.42 Å². The molecule has 0 rings (SSSR count). The minimum absolute atomic E-state index is 0.0480. The molecule has 0 aromatic carbocycles. The number of phosphoric ester groups is 1. The summed E-state index contributed by atoms with van der Waals surface area (Å²) in [7, 11) is 1.52. The molecule has 0 aliphatic carbocycles. The summed E-state index contributed by atoms with van der Waals surface area (Å²) >= 11 is 0. The molecule has 316 valence electrons. The molecule has 8 nitrogen and oxygen atoms in total. The minimum atomic E-state index is -4.35. The van der Waals surface area contributed by atoms with Gasteiger partial charge in [-0.2, -0.15) is 0 Å². The lowest BCUT2D eigenvalue weighted by Crippen LogP contribution is -2.45. The fourth-order valence-corrected chi connectivity index (χ4v) is 6.19. The largest absolute Gasteiger partial charge is 0.472 e. The highest BCUT2D eigenvalue weighted by molar-refractivity contribution is 7.47. The number of amides is 1. The van der Waals surface area contributed by atoms with Gasteiger partial charge in [0.05, 0.1) is 39.9 Å². The molecule has 0 fully saturated rings. The van der Waals surface area contributed by atoms with Crippen LogP contribution in [-0.4, -0.2) is 73.4 Å². The van der Waals surface area contributed by atoms with Gasteiger partial charge in [0.2, 0.25) is 5.91 Å². The van der Waals surface area contributed by atoms with Gasteiger partial charge in [-0.05, 0) is 70.6 Å². The fourth-order valence-electron chi connectivity index (χ4n) is 5.45. The van der Waals surface area contributed by atoms with Gasteiger partial charge in [0.25, 0.3) is 0 Å². The van der Waals surface area contributed by atoms with Crippen LogP contribution in [0.1, 0.15) is 149 Å². The fraction of sp³-hybridized carbons (Fsp3) is 0.674. The van der Waals surface area contributed by atoms with Crippen molar-refractivity contribution in [2.45, 2.75) is 161 Å². The number of aliphatic hydroxyl groups excluding tert-OH is 1. The second-order valence-electron chi connectivity index (χ2n) is 15.3. The zero-order valence-electron chi connectivity index (χ0n) is 35.6. The Labute approximate surface area is 337 Å².